The van der Waals surface area contributed by atoms with Crippen molar-refractivity contribution >= 4 is 18.0 Å². The number of thioether (sulfide) groups is 1. The first-order chi connectivity index (χ1) is 6.22. The highest BCUT2D eigenvalue weighted by Gasteiger charge is 1.93. The summed E-state index contributed by atoms with van der Waals surface area (Å²) >= 11 is 1.19. The monoisotopic (exact) mass is 196 g/mol. The lowest BCUT2D eigenvalue weighted by atomic mass is 10.2. The van der Waals surface area contributed by atoms with E-state index >= 15 is 0 Å². The van der Waals surface area contributed by atoms with Crippen molar-refractivity contribution in [1.82, 2.24) is 0 Å². The fourth-order valence-corrected chi connectivity index (χ4v) is 1.37. The molecule has 0 aliphatic rings. The van der Waals surface area contributed by atoms with Crippen LogP contribution in [0.1, 0.15) is 5.56 Å². The van der Waals surface area contributed by atoms with Crippen molar-refractivity contribution in [2.75, 3.05) is 0 Å². The second kappa shape index (κ2) is 4.82. The van der Waals surface area contributed by atoms with Gasteiger partial charge in [-0.05, 0) is 19.1 Å². The number of aryl methyl sites for hydroxylation is 1. The predicted molar refractivity (Wildman–Crippen MR) is 52.3 cm³/mol. The minimum Gasteiger partial charge on any atom is -0.295 e. The summed E-state index contributed by atoms with van der Waals surface area (Å²) in [7, 11) is 0. The zero-order valence-electron chi connectivity index (χ0n) is 7.16. The van der Waals surface area contributed by atoms with E-state index < -0.39 is 5.83 Å². The third-order valence-corrected chi connectivity index (χ3v) is 2.33. The first-order valence-corrected chi connectivity index (χ1v) is 4.64. The molecule has 68 valence electrons. The maximum atomic E-state index is 12.4. The zero-order chi connectivity index (χ0) is 9.68. The number of carbonyl (C=O) groups is 1. The van der Waals surface area contributed by atoms with Crippen LogP contribution in [0.3, 0.4) is 0 Å². The Labute approximate surface area is 80.7 Å². The van der Waals surface area contributed by atoms with E-state index in [2.05, 4.69) is 0 Å². The molecule has 3 heteroatoms. The summed E-state index contributed by atoms with van der Waals surface area (Å²) < 4.78 is 12.4. The summed E-state index contributed by atoms with van der Waals surface area (Å²) in [5, 5.41) is 1.19. The Hall–Kier alpha value is -1.09. The van der Waals surface area contributed by atoms with Crippen LogP contribution in [0.4, 0.5) is 4.39 Å². The standard InChI is InChI=1S/C10H9FOS/c1-8-2-4-10(5-3-8)13-7-9(11)6-12/h2-7H,1H3. The molecule has 0 aliphatic carbocycles. The minimum atomic E-state index is -0.745. The highest BCUT2D eigenvalue weighted by molar-refractivity contribution is 8.02. The zero-order valence-corrected chi connectivity index (χ0v) is 7.98. The van der Waals surface area contributed by atoms with E-state index in [9.17, 15) is 9.18 Å². The van der Waals surface area contributed by atoms with Crippen LogP contribution in [-0.2, 0) is 4.79 Å². The lowest BCUT2D eigenvalue weighted by molar-refractivity contribution is -0.106. The molecule has 1 rings (SSSR count). The van der Waals surface area contributed by atoms with Gasteiger partial charge < -0.3 is 0 Å². The molecular weight excluding hydrogens is 187 g/mol. The van der Waals surface area contributed by atoms with Gasteiger partial charge in [0.1, 0.15) is 0 Å². The molecule has 0 fully saturated rings. The van der Waals surface area contributed by atoms with Gasteiger partial charge in [-0.2, -0.15) is 0 Å². The Kier molecular flexibility index (Phi) is 3.71. The van der Waals surface area contributed by atoms with Gasteiger partial charge in [0, 0.05) is 10.3 Å². The van der Waals surface area contributed by atoms with Crippen molar-refractivity contribution in [3.05, 3.63) is 41.1 Å². The number of carbonyl (C=O) groups excluding carboxylic acids is 1. The Morgan fingerprint density at radius 2 is 2.00 bits per heavy atom. The topological polar surface area (TPSA) is 17.1 Å². The van der Waals surface area contributed by atoms with Crippen molar-refractivity contribution < 1.29 is 9.18 Å². The summed E-state index contributed by atoms with van der Waals surface area (Å²) in [4.78, 5) is 10.8. The molecule has 13 heavy (non-hydrogen) atoms. The largest absolute Gasteiger partial charge is 0.295 e. The van der Waals surface area contributed by atoms with Gasteiger partial charge in [-0.3, -0.25) is 4.79 Å². The van der Waals surface area contributed by atoms with Crippen molar-refractivity contribution in [2.45, 2.75) is 11.8 Å². The fraction of sp³-hybridized carbons (Fsp3) is 0.100. The number of hydrogen-bond donors (Lipinski definition) is 0. The molecule has 1 aromatic carbocycles. The van der Waals surface area contributed by atoms with E-state index in [1.54, 1.807) is 0 Å². The van der Waals surface area contributed by atoms with Crippen LogP contribution >= 0.6 is 11.8 Å². The third-order valence-electron chi connectivity index (χ3n) is 1.44. The highest BCUT2D eigenvalue weighted by atomic mass is 32.2. The Balaban J connectivity index is 2.65. The summed E-state index contributed by atoms with van der Waals surface area (Å²) in [5.41, 5.74) is 1.16. The fourth-order valence-electron chi connectivity index (χ4n) is 0.769. The van der Waals surface area contributed by atoms with Crippen LogP contribution in [0.2, 0.25) is 0 Å². The van der Waals surface area contributed by atoms with Gasteiger partial charge in [0.05, 0.1) is 0 Å². The van der Waals surface area contributed by atoms with E-state index in [0.29, 0.717) is 0 Å². The average Bonchev–Trinajstić information content (AvgIpc) is 2.16. The minimum absolute atomic E-state index is 0.196. The number of benzene rings is 1. The van der Waals surface area contributed by atoms with E-state index in [4.69, 9.17) is 0 Å². The molecule has 0 amide bonds. The van der Waals surface area contributed by atoms with Crippen molar-refractivity contribution in [2.24, 2.45) is 0 Å². The second-order valence-electron chi connectivity index (χ2n) is 2.55. The van der Waals surface area contributed by atoms with Gasteiger partial charge >= 0.3 is 0 Å². The number of hydrogen-bond acceptors (Lipinski definition) is 2. The summed E-state index contributed by atoms with van der Waals surface area (Å²) in [6.07, 6.45) is 0.196. The number of rotatable bonds is 3. The summed E-state index contributed by atoms with van der Waals surface area (Å²) in [5.74, 6) is -0.745. The third kappa shape index (κ3) is 3.42. The first-order valence-electron chi connectivity index (χ1n) is 3.76. The first kappa shape index (κ1) is 9.99. The van der Waals surface area contributed by atoms with Crippen LogP contribution in [0.5, 0.6) is 0 Å². The molecule has 0 aromatic heterocycles. The smallest absolute Gasteiger partial charge is 0.178 e. The molecule has 1 aromatic rings. The Morgan fingerprint density at radius 1 is 1.38 bits per heavy atom. The normalized spacial score (nSPS) is 11.4. The van der Waals surface area contributed by atoms with Gasteiger partial charge in [-0.25, -0.2) is 4.39 Å². The van der Waals surface area contributed by atoms with Gasteiger partial charge in [0.15, 0.2) is 12.1 Å². The lowest BCUT2D eigenvalue weighted by Crippen LogP contribution is -1.73. The maximum absolute atomic E-state index is 12.4. The molecule has 0 spiro atoms. The Morgan fingerprint density at radius 3 is 2.54 bits per heavy atom. The van der Waals surface area contributed by atoms with E-state index in [-0.39, 0.29) is 6.29 Å². The lowest BCUT2D eigenvalue weighted by Gasteiger charge is -1.95. The SMILES string of the molecule is Cc1ccc(SC=C(F)C=O)cc1. The van der Waals surface area contributed by atoms with Crippen LogP contribution in [0, 0.1) is 6.92 Å². The molecule has 0 unspecified atom stereocenters. The van der Waals surface area contributed by atoms with Crippen molar-refractivity contribution in [1.29, 1.82) is 0 Å². The van der Waals surface area contributed by atoms with Crippen LogP contribution in [-0.4, -0.2) is 6.29 Å². The van der Waals surface area contributed by atoms with E-state index in [0.717, 1.165) is 10.5 Å². The number of allylic oxidation sites excluding steroid dienone is 1. The quantitative estimate of drug-likeness (QED) is 0.420. The summed E-state index contributed by atoms with van der Waals surface area (Å²) in [6, 6.07) is 7.65. The second-order valence-corrected chi connectivity index (χ2v) is 3.49. The summed E-state index contributed by atoms with van der Waals surface area (Å²) in [6.45, 7) is 1.98. The van der Waals surface area contributed by atoms with E-state index in [1.165, 1.54) is 17.2 Å². The molecule has 0 radical (unpaired) electrons. The van der Waals surface area contributed by atoms with Crippen LogP contribution in [0.15, 0.2) is 40.4 Å². The molecule has 0 saturated carbocycles. The van der Waals surface area contributed by atoms with Crippen molar-refractivity contribution in [3.8, 4) is 0 Å². The van der Waals surface area contributed by atoms with Gasteiger partial charge in [-0.1, -0.05) is 29.5 Å². The number of halogens is 1. The molecule has 0 saturated heterocycles. The highest BCUT2D eigenvalue weighted by Crippen LogP contribution is 2.20. The molecule has 1 nitrogen and oxygen atoms in total. The van der Waals surface area contributed by atoms with Crippen molar-refractivity contribution in [3.63, 3.8) is 0 Å². The van der Waals surface area contributed by atoms with Crippen LogP contribution in [0.25, 0.3) is 0 Å². The molecule has 0 aliphatic heterocycles. The molecule has 0 heterocycles. The number of aldehydes is 1. The van der Waals surface area contributed by atoms with E-state index in [1.807, 2.05) is 31.2 Å². The Bertz CT molecular complexity index is 316. The van der Waals surface area contributed by atoms with Crippen LogP contribution < -0.4 is 0 Å². The molecule has 0 bridgehead atoms. The van der Waals surface area contributed by atoms with Gasteiger partial charge in [0.25, 0.3) is 0 Å². The molecule has 0 atom stereocenters. The maximum Gasteiger partial charge on any atom is 0.178 e. The average molecular weight is 196 g/mol. The van der Waals surface area contributed by atoms with Gasteiger partial charge in [0.2, 0.25) is 0 Å². The molecule has 0 N–H and O–H groups in total. The predicted octanol–water partition coefficient (Wildman–Crippen LogP) is 3.10. The molecular formula is C10H9FOS. The van der Waals surface area contributed by atoms with Gasteiger partial charge in [-0.15, -0.1) is 0 Å².